The van der Waals surface area contributed by atoms with Gasteiger partial charge in [-0.3, -0.25) is 10.2 Å². The van der Waals surface area contributed by atoms with E-state index in [9.17, 15) is 4.79 Å². The van der Waals surface area contributed by atoms with E-state index in [2.05, 4.69) is 36.1 Å². The van der Waals surface area contributed by atoms with Crippen molar-refractivity contribution in [2.24, 2.45) is 17.4 Å². The van der Waals surface area contributed by atoms with E-state index in [0.717, 1.165) is 5.56 Å². The van der Waals surface area contributed by atoms with Crippen molar-refractivity contribution >= 4 is 23.3 Å². The van der Waals surface area contributed by atoms with Crippen molar-refractivity contribution in [3.63, 3.8) is 0 Å². The largest absolute Gasteiger partial charge is 0.439 e. The summed E-state index contributed by atoms with van der Waals surface area (Å²) < 4.78 is 1.51. The van der Waals surface area contributed by atoms with Crippen molar-refractivity contribution in [2.45, 2.75) is 26.9 Å². The van der Waals surface area contributed by atoms with Crippen LogP contribution in [0.2, 0.25) is 0 Å². The Balaban J connectivity index is 1.68. The first-order valence-electron chi connectivity index (χ1n) is 9.52. The number of carbonyl (C=O) groups excluding carboxylic acids is 1. The van der Waals surface area contributed by atoms with Gasteiger partial charge in [-0.25, -0.2) is 14.5 Å². The number of pyridine rings is 1. The van der Waals surface area contributed by atoms with Crippen LogP contribution in [0, 0.1) is 0 Å². The maximum atomic E-state index is 11.8. The van der Waals surface area contributed by atoms with Crippen LogP contribution < -0.4 is 5.32 Å². The molecule has 2 aromatic heterocycles. The number of hydrogen-bond donors (Lipinski definition) is 1. The lowest BCUT2D eigenvalue weighted by Crippen LogP contribution is -2.13. The minimum Gasteiger partial charge on any atom is -0.389 e. The number of rotatable bonds is 8. The Morgan fingerprint density at radius 2 is 1.94 bits per heavy atom. The van der Waals surface area contributed by atoms with Gasteiger partial charge >= 0.3 is 6.09 Å². The smallest absolute Gasteiger partial charge is 0.389 e. The monoisotopic (exact) mass is 422 g/mol. The first kappa shape index (κ1) is 21.6. The summed E-state index contributed by atoms with van der Waals surface area (Å²) in [5.41, 5.74) is 2.54. The number of oxime groups is 2. The molecular weight excluding hydrogens is 400 g/mol. The third-order valence-electron chi connectivity index (χ3n) is 4.08. The second-order valence-electron chi connectivity index (χ2n) is 6.40. The van der Waals surface area contributed by atoms with E-state index in [1.54, 1.807) is 32.2 Å². The number of aryl methyl sites for hydroxylation is 1. The Bertz CT molecular complexity index is 1080. The Labute approximate surface area is 178 Å². The van der Waals surface area contributed by atoms with Gasteiger partial charge in [-0.2, -0.15) is 0 Å². The topological polar surface area (TPSA) is 129 Å². The number of carbonyl (C=O) groups is 1. The van der Waals surface area contributed by atoms with Crippen LogP contribution in [0.5, 0.6) is 0 Å². The molecule has 0 unspecified atom stereocenters. The van der Waals surface area contributed by atoms with Crippen LogP contribution in [0.25, 0.3) is 0 Å². The highest BCUT2D eigenvalue weighted by Crippen LogP contribution is 2.10. The minimum absolute atomic E-state index is 0.0687. The van der Waals surface area contributed by atoms with E-state index in [1.165, 1.54) is 4.68 Å². The van der Waals surface area contributed by atoms with E-state index in [-0.39, 0.29) is 6.61 Å². The van der Waals surface area contributed by atoms with Crippen molar-refractivity contribution in [2.75, 3.05) is 5.32 Å². The van der Waals surface area contributed by atoms with Crippen LogP contribution in [0.4, 0.5) is 10.6 Å². The van der Waals surface area contributed by atoms with Crippen LogP contribution in [-0.2, 0) is 23.3 Å². The second kappa shape index (κ2) is 10.6. The number of hydrogen-bond acceptors (Lipinski definition) is 9. The number of nitrogens with one attached hydrogen (secondary N) is 1. The summed E-state index contributed by atoms with van der Waals surface area (Å²) in [6.07, 6.45) is -0.0358. The van der Waals surface area contributed by atoms with Crippen molar-refractivity contribution in [3.8, 4) is 0 Å². The summed E-state index contributed by atoms with van der Waals surface area (Å²) in [5.74, 6) is 0.764. The molecule has 1 N–H and O–H groups in total. The van der Waals surface area contributed by atoms with Crippen molar-refractivity contribution in [1.82, 2.24) is 25.2 Å². The number of amides is 1. The van der Waals surface area contributed by atoms with Crippen molar-refractivity contribution < 1.29 is 14.5 Å². The predicted molar refractivity (Wildman–Crippen MR) is 113 cm³/mol. The normalized spacial score (nSPS) is 11.8. The van der Waals surface area contributed by atoms with Crippen LogP contribution in [0.1, 0.15) is 37.4 Å². The summed E-state index contributed by atoms with van der Waals surface area (Å²) in [5, 5.41) is 22.0. The predicted octanol–water partition coefficient (Wildman–Crippen LogP) is 2.91. The summed E-state index contributed by atoms with van der Waals surface area (Å²) in [4.78, 5) is 26.4. The van der Waals surface area contributed by atoms with Gasteiger partial charge in [-0.15, -0.1) is 5.10 Å². The van der Waals surface area contributed by atoms with Gasteiger partial charge in [0.2, 0.25) is 5.82 Å². The molecule has 1 aromatic carbocycles. The van der Waals surface area contributed by atoms with Crippen molar-refractivity contribution in [3.05, 3.63) is 65.6 Å². The highest BCUT2D eigenvalue weighted by molar-refractivity contribution is 6.10. The third kappa shape index (κ3) is 6.16. The molecule has 2 heterocycles. The Morgan fingerprint density at radius 3 is 2.65 bits per heavy atom. The average Bonchev–Trinajstić information content (AvgIpc) is 3.21. The molecule has 0 fully saturated rings. The Morgan fingerprint density at radius 1 is 1.13 bits per heavy atom. The maximum Gasteiger partial charge on any atom is 0.439 e. The van der Waals surface area contributed by atoms with Gasteiger partial charge in [0.1, 0.15) is 5.82 Å². The Kier molecular flexibility index (Phi) is 7.35. The molecule has 1 amide bonds. The summed E-state index contributed by atoms with van der Waals surface area (Å²) in [7, 11) is 1.72. The molecule has 3 rings (SSSR count). The molecule has 0 saturated carbocycles. The molecule has 0 radical (unpaired) electrons. The van der Waals surface area contributed by atoms with Gasteiger partial charge in [0, 0.05) is 12.6 Å². The number of anilines is 1. The molecule has 3 aromatic rings. The van der Waals surface area contributed by atoms with Crippen LogP contribution in [-0.4, -0.2) is 42.7 Å². The maximum absolute atomic E-state index is 11.8. The summed E-state index contributed by atoms with van der Waals surface area (Å²) >= 11 is 0. The zero-order valence-corrected chi connectivity index (χ0v) is 17.4. The molecule has 0 aliphatic heterocycles. The number of benzene rings is 1. The SMILES string of the molecule is CCC(C)=NOC(=O)Nc1cccc(CO/N=C(/c2ccccc2)c2nnnn2C)n1. The van der Waals surface area contributed by atoms with Gasteiger partial charge in [-0.05, 0) is 35.9 Å². The first-order valence-corrected chi connectivity index (χ1v) is 9.52. The van der Waals surface area contributed by atoms with Gasteiger partial charge in [0.25, 0.3) is 0 Å². The summed E-state index contributed by atoms with van der Waals surface area (Å²) in [6, 6.07) is 14.5. The van der Waals surface area contributed by atoms with Gasteiger partial charge in [-0.1, -0.05) is 53.6 Å². The molecule has 0 atom stereocenters. The lowest BCUT2D eigenvalue weighted by molar-refractivity contribution is 0.128. The van der Waals surface area contributed by atoms with E-state index in [0.29, 0.717) is 35.2 Å². The molecule has 31 heavy (non-hydrogen) atoms. The molecule has 11 heteroatoms. The molecule has 0 saturated heterocycles. The summed E-state index contributed by atoms with van der Waals surface area (Å²) in [6.45, 7) is 3.75. The lowest BCUT2D eigenvalue weighted by atomic mass is 10.1. The standard InChI is InChI=1S/C20H22N8O3/c1-4-14(2)24-31-20(29)22-17-12-8-11-16(21-17)13-30-25-18(15-9-6-5-7-10-15)19-23-26-27-28(19)3/h5-12H,4,13H2,1-3H3,(H,21,22,29)/b24-14?,25-18-. The fourth-order valence-electron chi connectivity index (χ4n) is 2.35. The molecule has 11 nitrogen and oxygen atoms in total. The quantitative estimate of drug-likeness (QED) is 0.336. The average molecular weight is 422 g/mol. The van der Waals surface area contributed by atoms with E-state index in [4.69, 9.17) is 9.68 Å². The molecule has 0 aliphatic rings. The molecular formula is C20H22N8O3. The van der Waals surface area contributed by atoms with Crippen LogP contribution in [0.15, 0.2) is 58.8 Å². The van der Waals surface area contributed by atoms with Gasteiger partial charge in [0.15, 0.2) is 12.3 Å². The van der Waals surface area contributed by atoms with E-state index in [1.807, 2.05) is 37.3 Å². The van der Waals surface area contributed by atoms with Crippen LogP contribution in [0.3, 0.4) is 0 Å². The first-order chi connectivity index (χ1) is 15.1. The zero-order valence-electron chi connectivity index (χ0n) is 17.4. The fraction of sp³-hybridized carbons (Fsp3) is 0.250. The second-order valence-corrected chi connectivity index (χ2v) is 6.40. The highest BCUT2D eigenvalue weighted by Gasteiger charge is 2.15. The zero-order chi connectivity index (χ0) is 22.1. The van der Waals surface area contributed by atoms with Crippen molar-refractivity contribution in [1.29, 1.82) is 0 Å². The van der Waals surface area contributed by atoms with Gasteiger partial charge < -0.3 is 4.84 Å². The third-order valence-corrected chi connectivity index (χ3v) is 4.08. The van der Waals surface area contributed by atoms with E-state index >= 15 is 0 Å². The molecule has 0 aliphatic carbocycles. The fourth-order valence-corrected chi connectivity index (χ4v) is 2.35. The number of tetrazole rings is 1. The number of aromatic nitrogens is 5. The van der Waals surface area contributed by atoms with E-state index < -0.39 is 6.09 Å². The molecule has 160 valence electrons. The highest BCUT2D eigenvalue weighted by atomic mass is 16.7. The van der Waals surface area contributed by atoms with Gasteiger partial charge in [0.05, 0.1) is 11.4 Å². The molecule has 0 spiro atoms. The Hall–Kier alpha value is -4.15. The molecule has 0 bridgehead atoms. The number of nitrogens with zero attached hydrogens (tertiary/aromatic N) is 7. The minimum atomic E-state index is -0.725. The lowest BCUT2D eigenvalue weighted by Gasteiger charge is -2.07. The van der Waals surface area contributed by atoms with Crippen LogP contribution >= 0.6 is 0 Å².